The van der Waals surface area contributed by atoms with Crippen LogP contribution in [0.2, 0.25) is 0 Å². The summed E-state index contributed by atoms with van der Waals surface area (Å²) in [4.78, 5) is 21.0. The van der Waals surface area contributed by atoms with Crippen molar-refractivity contribution >= 4 is 17.5 Å². The van der Waals surface area contributed by atoms with Crippen molar-refractivity contribution in [3.63, 3.8) is 0 Å². The van der Waals surface area contributed by atoms with Crippen molar-refractivity contribution in [3.05, 3.63) is 42.2 Å². The van der Waals surface area contributed by atoms with Crippen molar-refractivity contribution < 1.29 is 19.0 Å². The Morgan fingerprint density at radius 3 is 2.31 bits per heavy atom. The number of benzene rings is 1. The molecule has 2 rings (SSSR count). The molecule has 0 atom stereocenters. The third-order valence-electron chi connectivity index (χ3n) is 3.41. The van der Waals surface area contributed by atoms with E-state index >= 15 is 0 Å². The molecule has 2 N–H and O–H groups in total. The Labute approximate surface area is 152 Å². The quantitative estimate of drug-likeness (QED) is 0.701. The number of aromatic nitrogens is 2. The average Bonchev–Trinajstić information content (AvgIpc) is 2.64. The fourth-order valence-corrected chi connectivity index (χ4v) is 2.28. The molecular formula is C18H22N4O4. The highest BCUT2D eigenvalue weighted by atomic mass is 16.5. The van der Waals surface area contributed by atoms with Crippen molar-refractivity contribution in [2.24, 2.45) is 0 Å². The molecule has 138 valence electrons. The Bertz CT molecular complexity index is 783. The number of carbonyl (C=O) groups excluding carboxylic acids is 1. The smallest absolute Gasteiger partial charge is 0.274 e. The van der Waals surface area contributed by atoms with Crippen molar-refractivity contribution in [1.82, 2.24) is 9.97 Å². The summed E-state index contributed by atoms with van der Waals surface area (Å²) in [6, 6.07) is 4.89. The lowest BCUT2D eigenvalue weighted by Crippen LogP contribution is -2.16. The van der Waals surface area contributed by atoms with E-state index < -0.39 is 0 Å². The molecule has 1 amide bonds. The van der Waals surface area contributed by atoms with Crippen molar-refractivity contribution in [2.45, 2.75) is 6.92 Å². The van der Waals surface area contributed by atoms with Gasteiger partial charge in [0.15, 0.2) is 11.5 Å². The first-order chi connectivity index (χ1) is 12.5. The molecule has 0 bridgehead atoms. The van der Waals surface area contributed by atoms with Gasteiger partial charge in [0.25, 0.3) is 5.91 Å². The lowest BCUT2D eigenvalue weighted by Gasteiger charge is -2.14. The van der Waals surface area contributed by atoms with Gasteiger partial charge in [-0.05, 0) is 13.0 Å². The van der Waals surface area contributed by atoms with Crippen LogP contribution in [0.1, 0.15) is 16.2 Å². The lowest BCUT2D eigenvalue weighted by molar-refractivity contribution is 0.102. The highest BCUT2D eigenvalue weighted by Crippen LogP contribution is 2.39. The molecule has 8 heteroatoms. The van der Waals surface area contributed by atoms with E-state index in [1.165, 1.54) is 21.3 Å². The van der Waals surface area contributed by atoms with Crippen molar-refractivity contribution in [3.8, 4) is 17.2 Å². The predicted octanol–water partition coefficient (Wildman–Crippen LogP) is 2.66. The van der Waals surface area contributed by atoms with Gasteiger partial charge in [-0.1, -0.05) is 6.08 Å². The molecular weight excluding hydrogens is 336 g/mol. The van der Waals surface area contributed by atoms with Crippen LogP contribution in [-0.4, -0.2) is 43.7 Å². The molecule has 8 nitrogen and oxygen atoms in total. The van der Waals surface area contributed by atoms with Gasteiger partial charge in [-0.2, -0.15) is 0 Å². The monoisotopic (exact) mass is 358 g/mol. The summed E-state index contributed by atoms with van der Waals surface area (Å²) in [6.45, 7) is 5.91. The highest BCUT2D eigenvalue weighted by molar-refractivity contribution is 6.03. The minimum Gasteiger partial charge on any atom is -0.493 e. The number of ether oxygens (including phenoxy) is 3. The van der Waals surface area contributed by atoms with Gasteiger partial charge in [0.2, 0.25) is 11.7 Å². The molecule has 1 heterocycles. The van der Waals surface area contributed by atoms with E-state index in [1.54, 1.807) is 31.2 Å². The zero-order valence-corrected chi connectivity index (χ0v) is 15.3. The topological polar surface area (TPSA) is 94.6 Å². The molecule has 26 heavy (non-hydrogen) atoms. The summed E-state index contributed by atoms with van der Waals surface area (Å²) < 4.78 is 15.8. The van der Waals surface area contributed by atoms with Gasteiger partial charge in [-0.3, -0.25) is 4.79 Å². The van der Waals surface area contributed by atoms with Crippen LogP contribution in [0.4, 0.5) is 11.6 Å². The van der Waals surface area contributed by atoms with Gasteiger partial charge >= 0.3 is 0 Å². The summed E-state index contributed by atoms with van der Waals surface area (Å²) in [7, 11) is 4.53. The molecule has 1 aromatic heterocycles. The second-order valence-electron chi connectivity index (χ2n) is 5.26. The van der Waals surface area contributed by atoms with E-state index in [1.807, 2.05) is 0 Å². The van der Waals surface area contributed by atoms with Crippen molar-refractivity contribution in [1.29, 1.82) is 0 Å². The Hall–Kier alpha value is -3.29. The molecule has 0 spiro atoms. The number of hydrogen-bond donors (Lipinski definition) is 2. The Morgan fingerprint density at radius 2 is 1.77 bits per heavy atom. The SMILES string of the molecule is C=CCNc1nc(C)cc(C(=O)Nc2cc(OC)c(OC)c(OC)c2)n1. The van der Waals surface area contributed by atoms with E-state index in [0.29, 0.717) is 41.1 Å². The van der Waals surface area contributed by atoms with Gasteiger partial charge in [0.05, 0.1) is 21.3 Å². The standard InChI is InChI=1S/C18H22N4O4/c1-6-7-19-18-20-11(2)8-13(22-18)17(23)21-12-9-14(24-3)16(26-5)15(10-12)25-4/h6,8-10H,1,7H2,2-5H3,(H,21,23)(H,19,20,22). The first kappa shape index (κ1) is 19.0. The van der Waals surface area contributed by atoms with Crippen LogP contribution >= 0.6 is 0 Å². The van der Waals surface area contributed by atoms with E-state index in [2.05, 4.69) is 27.2 Å². The maximum atomic E-state index is 12.6. The molecule has 0 aliphatic carbocycles. The third kappa shape index (κ3) is 4.41. The van der Waals surface area contributed by atoms with E-state index in [4.69, 9.17) is 14.2 Å². The first-order valence-corrected chi connectivity index (χ1v) is 7.84. The zero-order valence-electron chi connectivity index (χ0n) is 15.3. The molecule has 0 unspecified atom stereocenters. The molecule has 0 aliphatic heterocycles. The zero-order chi connectivity index (χ0) is 19.1. The van der Waals surface area contributed by atoms with Gasteiger partial charge in [-0.15, -0.1) is 6.58 Å². The third-order valence-corrected chi connectivity index (χ3v) is 3.41. The summed E-state index contributed by atoms with van der Waals surface area (Å²) in [6.07, 6.45) is 1.68. The maximum absolute atomic E-state index is 12.6. The number of anilines is 2. The van der Waals surface area contributed by atoms with Crippen molar-refractivity contribution in [2.75, 3.05) is 38.5 Å². The van der Waals surface area contributed by atoms with Gasteiger partial charge in [-0.25, -0.2) is 9.97 Å². The summed E-state index contributed by atoms with van der Waals surface area (Å²) >= 11 is 0. The summed E-state index contributed by atoms with van der Waals surface area (Å²) in [5.74, 6) is 1.30. The fraction of sp³-hybridized carbons (Fsp3) is 0.278. The van der Waals surface area contributed by atoms with Gasteiger partial charge in [0.1, 0.15) is 5.69 Å². The number of aryl methyl sites for hydroxylation is 1. The largest absolute Gasteiger partial charge is 0.493 e. The van der Waals surface area contributed by atoms with E-state index in [0.717, 1.165) is 0 Å². The number of hydrogen-bond acceptors (Lipinski definition) is 7. The molecule has 1 aromatic carbocycles. The van der Waals surface area contributed by atoms with Crippen LogP contribution in [0.5, 0.6) is 17.2 Å². The van der Waals surface area contributed by atoms with Crippen LogP contribution in [0, 0.1) is 6.92 Å². The number of rotatable bonds is 8. The average molecular weight is 358 g/mol. The number of methoxy groups -OCH3 is 3. The molecule has 0 radical (unpaired) electrons. The Kier molecular flexibility index (Phi) is 6.37. The minimum absolute atomic E-state index is 0.234. The molecule has 0 fully saturated rings. The van der Waals surface area contributed by atoms with Crippen LogP contribution in [0.3, 0.4) is 0 Å². The number of nitrogens with zero attached hydrogens (tertiary/aromatic N) is 2. The normalized spacial score (nSPS) is 10.0. The minimum atomic E-state index is -0.383. The molecule has 0 aliphatic rings. The van der Waals surface area contributed by atoms with Crippen LogP contribution in [0.15, 0.2) is 30.9 Å². The van der Waals surface area contributed by atoms with Gasteiger partial charge in [0, 0.05) is 30.1 Å². The Morgan fingerprint density at radius 1 is 1.12 bits per heavy atom. The van der Waals surface area contributed by atoms with E-state index in [9.17, 15) is 4.79 Å². The lowest BCUT2D eigenvalue weighted by atomic mass is 10.2. The molecule has 0 saturated heterocycles. The van der Waals surface area contributed by atoms with Crippen LogP contribution < -0.4 is 24.8 Å². The van der Waals surface area contributed by atoms with E-state index in [-0.39, 0.29) is 11.6 Å². The van der Waals surface area contributed by atoms with Crippen LogP contribution in [-0.2, 0) is 0 Å². The highest BCUT2D eigenvalue weighted by Gasteiger charge is 2.16. The molecule has 0 saturated carbocycles. The van der Waals surface area contributed by atoms with Crippen LogP contribution in [0.25, 0.3) is 0 Å². The Balaban J connectivity index is 2.29. The predicted molar refractivity (Wildman–Crippen MR) is 99.5 cm³/mol. The molecule has 2 aromatic rings. The maximum Gasteiger partial charge on any atom is 0.274 e. The number of amides is 1. The number of carbonyl (C=O) groups is 1. The second kappa shape index (κ2) is 8.70. The summed E-state index contributed by atoms with van der Waals surface area (Å²) in [5.41, 5.74) is 1.39. The number of nitrogens with one attached hydrogen (secondary N) is 2. The second-order valence-corrected chi connectivity index (χ2v) is 5.26. The summed E-state index contributed by atoms with van der Waals surface area (Å²) in [5, 5.41) is 5.75. The van der Waals surface area contributed by atoms with Gasteiger partial charge < -0.3 is 24.8 Å². The fourth-order valence-electron chi connectivity index (χ4n) is 2.28. The first-order valence-electron chi connectivity index (χ1n) is 7.84.